The molecule has 0 aromatic heterocycles. The first kappa shape index (κ1) is 20.2. The van der Waals surface area contributed by atoms with E-state index >= 15 is 0 Å². The lowest BCUT2D eigenvalue weighted by molar-refractivity contribution is -0.132. The fourth-order valence-electron chi connectivity index (χ4n) is 2.96. The van der Waals surface area contributed by atoms with E-state index in [1.807, 2.05) is 30.3 Å². The van der Waals surface area contributed by atoms with E-state index < -0.39 is 5.97 Å². The van der Waals surface area contributed by atoms with Crippen molar-refractivity contribution in [3.05, 3.63) is 94.0 Å². The average molecular weight is 404 g/mol. The Hall–Kier alpha value is -3.55. The molecule has 144 valence electrons. The van der Waals surface area contributed by atoms with E-state index in [1.54, 1.807) is 24.3 Å². The summed E-state index contributed by atoms with van der Waals surface area (Å²) in [5, 5.41) is 18.2. The highest BCUT2D eigenvalue weighted by molar-refractivity contribution is 6.32. The van der Waals surface area contributed by atoms with Gasteiger partial charge in [0.15, 0.2) is 0 Å². The van der Waals surface area contributed by atoms with Crippen molar-refractivity contribution in [3.8, 4) is 22.9 Å². The molecule has 29 heavy (non-hydrogen) atoms. The SMILES string of the molecule is Cc1c(COc2ccc(C=C(C#N)C(=O)O)cc2Cl)cccc1-c1ccccc1. The van der Waals surface area contributed by atoms with Gasteiger partial charge in [-0.15, -0.1) is 0 Å². The molecule has 0 heterocycles. The number of benzene rings is 3. The first-order valence-corrected chi connectivity index (χ1v) is 9.28. The van der Waals surface area contributed by atoms with Crippen LogP contribution in [0.1, 0.15) is 16.7 Å². The van der Waals surface area contributed by atoms with E-state index in [2.05, 4.69) is 25.1 Å². The molecule has 4 nitrogen and oxygen atoms in total. The largest absolute Gasteiger partial charge is 0.487 e. The highest BCUT2D eigenvalue weighted by atomic mass is 35.5. The lowest BCUT2D eigenvalue weighted by atomic mass is 9.97. The molecule has 0 fully saturated rings. The second kappa shape index (κ2) is 9.09. The third kappa shape index (κ3) is 4.84. The summed E-state index contributed by atoms with van der Waals surface area (Å²) in [6, 6.07) is 22.8. The van der Waals surface area contributed by atoms with Crippen LogP contribution in [0.15, 0.2) is 72.3 Å². The summed E-state index contributed by atoms with van der Waals surface area (Å²) in [4.78, 5) is 11.0. The predicted molar refractivity (Wildman–Crippen MR) is 114 cm³/mol. The Morgan fingerprint density at radius 2 is 1.90 bits per heavy atom. The smallest absolute Gasteiger partial charge is 0.346 e. The first-order valence-electron chi connectivity index (χ1n) is 8.91. The molecule has 0 aliphatic carbocycles. The van der Waals surface area contributed by atoms with Crippen LogP contribution in [-0.2, 0) is 11.4 Å². The summed E-state index contributed by atoms with van der Waals surface area (Å²) in [5.41, 5.74) is 4.63. The van der Waals surface area contributed by atoms with Gasteiger partial charge in [-0.3, -0.25) is 0 Å². The normalized spacial score (nSPS) is 11.0. The summed E-state index contributed by atoms with van der Waals surface area (Å²) in [6.45, 7) is 2.41. The molecule has 0 atom stereocenters. The molecule has 0 aliphatic heterocycles. The van der Waals surface area contributed by atoms with Crippen molar-refractivity contribution in [3.63, 3.8) is 0 Å². The lowest BCUT2D eigenvalue weighted by Crippen LogP contribution is -2.00. The Morgan fingerprint density at radius 1 is 1.14 bits per heavy atom. The highest BCUT2D eigenvalue weighted by Gasteiger charge is 2.10. The van der Waals surface area contributed by atoms with E-state index in [9.17, 15) is 4.79 Å². The number of ether oxygens (including phenoxy) is 1. The highest BCUT2D eigenvalue weighted by Crippen LogP contribution is 2.29. The molecule has 3 aromatic rings. The van der Waals surface area contributed by atoms with E-state index in [1.165, 1.54) is 6.08 Å². The number of hydrogen-bond donors (Lipinski definition) is 1. The Balaban J connectivity index is 1.79. The van der Waals surface area contributed by atoms with Gasteiger partial charge in [-0.05, 0) is 52.9 Å². The molecule has 3 aromatic carbocycles. The number of carboxylic acid groups (broad SMARTS) is 1. The maximum absolute atomic E-state index is 11.0. The number of nitriles is 1. The fraction of sp³-hybridized carbons (Fsp3) is 0.0833. The molecular weight excluding hydrogens is 386 g/mol. The number of hydrogen-bond acceptors (Lipinski definition) is 3. The minimum Gasteiger partial charge on any atom is -0.487 e. The van der Waals surface area contributed by atoms with Gasteiger partial charge in [-0.1, -0.05) is 66.2 Å². The number of aliphatic carboxylic acids is 1. The van der Waals surface area contributed by atoms with Crippen LogP contribution in [0.4, 0.5) is 0 Å². The van der Waals surface area contributed by atoms with Gasteiger partial charge in [0.05, 0.1) is 5.02 Å². The van der Waals surface area contributed by atoms with Gasteiger partial charge in [0.1, 0.15) is 24.0 Å². The Bertz CT molecular complexity index is 1110. The number of nitrogens with zero attached hydrogens (tertiary/aromatic N) is 1. The summed E-state index contributed by atoms with van der Waals surface area (Å²) >= 11 is 6.28. The third-order valence-corrected chi connectivity index (χ3v) is 4.83. The van der Waals surface area contributed by atoms with E-state index in [-0.39, 0.29) is 5.57 Å². The van der Waals surface area contributed by atoms with Crippen LogP contribution in [0.25, 0.3) is 17.2 Å². The van der Waals surface area contributed by atoms with Crippen LogP contribution in [0.5, 0.6) is 5.75 Å². The number of carbonyl (C=O) groups is 1. The van der Waals surface area contributed by atoms with Crippen LogP contribution in [0.3, 0.4) is 0 Å². The molecule has 0 saturated heterocycles. The van der Waals surface area contributed by atoms with Gasteiger partial charge in [0.25, 0.3) is 0 Å². The molecule has 0 bridgehead atoms. The van der Waals surface area contributed by atoms with Gasteiger partial charge >= 0.3 is 5.97 Å². The molecular formula is C24H18ClNO3. The molecule has 0 aliphatic rings. The predicted octanol–water partition coefficient (Wildman–Crippen LogP) is 5.89. The fourth-order valence-corrected chi connectivity index (χ4v) is 3.20. The Labute approximate surface area is 174 Å². The lowest BCUT2D eigenvalue weighted by Gasteiger charge is -2.14. The van der Waals surface area contributed by atoms with Crippen molar-refractivity contribution in [1.29, 1.82) is 5.26 Å². The minimum atomic E-state index is -1.28. The zero-order valence-corrected chi connectivity index (χ0v) is 16.5. The van der Waals surface area contributed by atoms with Crippen LogP contribution in [-0.4, -0.2) is 11.1 Å². The minimum absolute atomic E-state index is 0.346. The van der Waals surface area contributed by atoms with Crippen molar-refractivity contribution in [2.45, 2.75) is 13.5 Å². The molecule has 0 saturated carbocycles. The van der Waals surface area contributed by atoms with Gasteiger partial charge in [0.2, 0.25) is 0 Å². The molecule has 1 N–H and O–H groups in total. The number of halogens is 1. The van der Waals surface area contributed by atoms with Crippen molar-refractivity contribution in [1.82, 2.24) is 0 Å². The van der Waals surface area contributed by atoms with Gasteiger partial charge in [0, 0.05) is 0 Å². The van der Waals surface area contributed by atoms with Crippen molar-refractivity contribution < 1.29 is 14.6 Å². The topological polar surface area (TPSA) is 70.3 Å². The second-order valence-corrected chi connectivity index (χ2v) is 6.82. The first-order chi connectivity index (χ1) is 14.0. The maximum atomic E-state index is 11.0. The van der Waals surface area contributed by atoms with Crippen molar-refractivity contribution in [2.24, 2.45) is 0 Å². The summed E-state index contributed by atoms with van der Waals surface area (Å²) in [5.74, 6) is -0.792. The number of carboxylic acids is 1. The molecule has 3 rings (SSSR count). The quantitative estimate of drug-likeness (QED) is 0.411. The van der Waals surface area contributed by atoms with E-state index in [4.69, 9.17) is 26.7 Å². The third-order valence-electron chi connectivity index (χ3n) is 4.53. The zero-order chi connectivity index (χ0) is 20.8. The average Bonchev–Trinajstić information content (AvgIpc) is 2.72. The van der Waals surface area contributed by atoms with Crippen molar-refractivity contribution >= 4 is 23.6 Å². The maximum Gasteiger partial charge on any atom is 0.346 e. The zero-order valence-electron chi connectivity index (χ0n) is 15.7. The monoisotopic (exact) mass is 403 g/mol. The van der Waals surface area contributed by atoms with E-state index in [0.29, 0.717) is 22.9 Å². The summed E-state index contributed by atoms with van der Waals surface area (Å²) < 4.78 is 5.89. The summed E-state index contributed by atoms with van der Waals surface area (Å²) in [6.07, 6.45) is 1.27. The second-order valence-electron chi connectivity index (χ2n) is 6.41. The Morgan fingerprint density at radius 3 is 2.55 bits per heavy atom. The summed E-state index contributed by atoms with van der Waals surface area (Å²) in [7, 11) is 0. The molecule has 0 unspecified atom stereocenters. The standard InChI is InChI=1S/C24H18ClNO3/c1-16-19(8-5-9-21(16)18-6-3-2-4-7-18)15-29-23-11-10-17(13-22(23)25)12-20(14-26)24(27)28/h2-13H,15H2,1H3,(H,27,28). The van der Waals surface area contributed by atoms with Gasteiger partial charge in [-0.25, -0.2) is 4.79 Å². The molecule has 0 spiro atoms. The molecule has 5 heteroatoms. The van der Waals surface area contributed by atoms with Crippen LogP contribution >= 0.6 is 11.6 Å². The van der Waals surface area contributed by atoms with Crippen molar-refractivity contribution in [2.75, 3.05) is 0 Å². The van der Waals surface area contributed by atoms with Crippen LogP contribution < -0.4 is 4.74 Å². The number of rotatable bonds is 6. The van der Waals surface area contributed by atoms with Gasteiger partial charge < -0.3 is 9.84 Å². The molecule has 0 amide bonds. The molecule has 0 radical (unpaired) electrons. The van der Waals surface area contributed by atoms with Crippen LogP contribution in [0.2, 0.25) is 5.02 Å². The van der Waals surface area contributed by atoms with Crippen LogP contribution in [0, 0.1) is 18.3 Å². The Kier molecular flexibility index (Phi) is 6.33. The van der Waals surface area contributed by atoms with E-state index in [0.717, 1.165) is 22.3 Å². The van der Waals surface area contributed by atoms with Gasteiger partial charge in [-0.2, -0.15) is 5.26 Å².